The summed E-state index contributed by atoms with van der Waals surface area (Å²) in [5.74, 6) is -1.91. The van der Waals surface area contributed by atoms with Crippen molar-refractivity contribution in [1.82, 2.24) is 4.90 Å². The summed E-state index contributed by atoms with van der Waals surface area (Å²) in [4.78, 5) is 13.7. The van der Waals surface area contributed by atoms with E-state index < -0.39 is 11.6 Å². The molecule has 1 amide bonds. The van der Waals surface area contributed by atoms with E-state index in [1.165, 1.54) is 12.1 Å². The first-order valence-electron chi connectivity index (χ1n) is 5.99. The third kappa shape index (κ3) is 3.22. The van der Waals surface area contributed by atoms with Gasteiger partial charge in [0.25, 0.3) is 0 Å². The average Bonchev–Trinajstić information content (AvgIpc) is 2.43. The van der Waals surface area contributed by atoms with Gasteiger partial charge in [-0.3, -0.25) is 4.79 Å². The Morgan fingerprint density at radius 1 is 1.47 bits per heavy atom. The number of morpholine rings is 1. The van der Waals surface area contributed by atoms with Crippen LogP contribution in [0.4, 0.5) is 8.78 Å². The summed E-state index contributed by atoms with van der Waals surface area (Å²) in [5, 5.41) is 0. The maximum Gasteiger partial charge on any atom is 0.227 e. The number of alkyl halides is 1. The predicted octanol–water partition coefficient (Wildman–Crippen LogP) is 1.97. The lowest BCUT2D eigenvalue weighted by Crippen LogP contribution is -2.50. The first kappa shape index (κ1) is 14.2. The Morgan fingerprint density at radius 2 is 2.26 bits per heavy atom. The van der Waals surface area contributed by atoms with Crippen molar-refractivity contribution in [3.63, 3.8) is 0 Å². The number of nitrogens with zero attached hydrogens (tertiary/aromatic N) is 1. The molecule has 1 aromatic rings. The second kappa shape index (κ2) is 6.30. The van der Waals surface area contributed by atoms with Gasteiger partial charge < -0.3 is 9.64 Å². The predicted molar refractivity (Wildman–Crippen MR) is 67.1 cm³/mol. The number of carbonyl (C=O) groups excluding carboxylic acids is 1. The van der Waals surface area contributed by atoms with Crippen LogP contribution in [0.25, 0.3) is 0 Å². The number of ether oxygens (including phenoxy) is 1. The standard InChI is InChI=1S/C13H14ClF2NO2/c14-7-10-8-19-5-4-17(10)12(18)6-9-2-1-3-11(15)13(9)16/h1-3,10H,4-8H2. The quantitative estimate of drug-likeness (QED) is 0.796. The lowest BCUT2D eigenvalue weighted by Gasteiger charge is -2.34. The molecule has 1 aromatic carbocycles. The largest absolute Gasteiger partial charge is 0.377 e. The van der Waals surface area contributed by atoms with Crippen molar-refractivity contribution in [1.29, 1.82) is 0 Å². The SMILES string of the molecule is O=C(Cc1cccc(F)c1F)N1CCOCC1CCl. The molecule has 1 aliphatic rings. The van der Waals surface area contributed by atoms with Crippen LogP contribution >= 0.6 is 11.6 Å². The molecule has 1 unspecified atom stereocenters. The average molecular weight is 290 g/mol. The van der Waals surface area contributed by atoms with Crippen LogP contribution < -0.4 is 0 Å². The maximum absolute atomic E-state index is 13.5. The van der Waals surface area contributed by atoms with Gasteiger partial charge in [0.15, 0.2) is 11.6 Å². The Bertz CT molecular complexity index is 470. The zero-order chi connectivity index (χ0) is 13.8. The third-order valence-corrected chi connectivity index (χ3v) is 3.46. The van der Waals surface area contributed by atoms with E-state index in [-0.39, 0.29) is 29.8 Å². The molecular weight excluding hydrogens is 276 g/mol. The fourth-order valence-corrected chi connectivity index (χ4v) is 2.32. The first-order chi connectivity index (χ1) is 9.13. The molecular formula is C13H14ClF2NO2. The summed E-state index contributed by atoms with van der Waals surface area (Å²) in [6.07, 6.45) is -0.170. The van der Waals surface area contributed by atoms with Gasteiger partial charge in [0, 0.05) is 18.0 Å². The lowest BCUT2D eigenvalue weighted by molar-refractivity contribution is -0.138. The zero-order valence-corrected chi connectivity index (χ0v) is 11.0. The minimum Gasteiger partial charge on any atom is -0.377 e. The van der Waals surface area contributed by atoms with Crippen LogP contribution in [0.15, 0.2) is 18.2 Å². The molecule has 1 fully saturated rings. The molecule has 3 nitrogen and oxygen atoms in total. The van der Waals surface area contributed by atoms with Crippen LogP contribution in [0, 0.1) is 11.6 Å². The molecule has 2 rings (SSSR count). The summed E-state index contributed by atoms with van der Waals surface area (Å²) >= 11 is 5.77. The van der Waals surface area contributed by atoms with Gasteiger partial charge in [-0.05, 0) is 6.07 Å². The van der Waals surface area contributed by atoms with E-state index in [4.69, 9.17) is 16.3 Å². The number of amides is 1. The number of hydrogen-bond donors (Lipinski definition) is 0. The molecule has 0 aromatic heterocycles. The third-order valence-electron chi connectivity index (χ3n) is 3.10. The molecule has 1 aliphatic heterocycles. The number of rotatable bonds is 3. The molecule has 1 atom stereocenters. The number of hydrogen-bond acceptors (Lipinski definition) is 2. The van der Waals surface area contributed by atoms with Crippen LogP contribution in [-0.2, 0) is 16.0 Å². The molecule has 19 heavy (non-hydrogen) atoms. The molecule has 1 saturated heterocycles. The van der Waals surface area contributed by atoms with Gasteiger partial charge in [-0.25, -0.2) is 8.78 Å². The molecule has 0 radical (unpaired) electrons. The highest BCUT2D eigenvalue weighted by Gasteiger charge is 2.27. The first-order valence-corrected chi connectivity index (χ1v) is 6.53. The number of carbonyl (C=O) groups is 1. The summed E-state index contributed by atoms with van der Waals surface area (Å²) in [5.41, 5.74) is 0.0600. The summed E-state index contributed by atoms with van der Waals surface area (Å²) in [7, 11) is 0. The summed E-state index contributed by atoms with van der Waals surface area (Å²) in [6.45, 7) is 1.23. The monoisotopic (exact) mass is 289 g/mol. The van der Waals surface area contributed by atoms with E-state index in [1.54, 1.807) is 4.90 Å². The molecule has 0 saturated carbocycles. The van der Waals surface area contributed by atoms with Gasteiger partial charge in [-0.15, -0.1) is 11.6 Å². The Balaban J connectivity index is 2.09. The minimum absolute atomic E-state index is 0.0600. The van der Waals surface area contributed by atoms with Gasteiger partial charge in [0.1, 0.15) is 0 Å². The number of benzene rings is 1. The Hall–Kier alpha value is -1.20. The van der Waals surface area contributed by atoms with Crippen molar-refractivity contribution >= 4 is 17.5 Å². The van der Waals surface area contributed by atoms with Crippen LogP contribution in [0.1, 0.15) is 5.56 Å². The van der Waals surface area contributed by atoms with Gasteiger partial charge in [0.2, 0.25) is 5.91 Å². The Kier molecular flexibility index (Phi) is 4.71. The Labute approximate surface area is 115 Å². The van der Waals surface area contributed by atoms with Crippen molar-refractivity contribution in [2.45, 2.75) is 12.5 Å². The molecule has 0 spiro atoms. The van der Waals surface area contributed by atoms with Crippen molar-refractivity contribution in [3.8, 4) is 0 Å². The van der Waals surface area contributed by atoms with Crippen LogP contribution in [0.2, 0.25) is 0 Å². The van der Waals surface area contributed by atoms with Crippen molar-refractivity contribution in [2.24, 2.45) is 0 Å². The van der Waals surface area contributed by atoms with Crippen LogP contribution in [-0.4, -0.2) is 42.5 Å². The van der Waals surface area contributed by atoms with Crippen molar-refractivity contribution in [2.75, 3.05) is 25.6 Å². The summed E-state index contributed by atoms with van der Waals surface area (Å²) < 4.78 is 31.8. The van der Waals surface area contributed by atoms with Crippen LogP contribution in [0.5, 0.6) is 0 Å². The van der Waals surface area contributed by atoms with E-state index in [0.29, 0.717) is 19.8 Å². The highest BCUT2D eigenvalue weighted by Crippen LogP contribution is 2.15. The maximum atomic E-state index is 13.5. The summed E-state index contributed by atoms with van der Waals surface area (Å²) in [6, 6.07) is 3.62. The molecule has 0 aliphatic carbocycles. The Morgan fingerprint density at radius 3 is 3.00 bits per heavy atom. The van der Waals surface area contributed by atoms with Gasteiger partial charge in [-0.1, -0.05) is 12.1 Å². The molecule has 0 bridgehead atoms. The topological polar surface area (TPSA) is 29.5 Å². The zero-order valence-electron chi connectivity index (χ0n) is 10.2. The van der Waals surface area contributed by atoms with Crippen molar-refractivity contribution in [3.05, 3.63) is 35.4 Å². The number of halogens is 3. The second-order valence-electron chi connectivity index (χ2n) is 4.36. The fraction of sp³-hybridized carbons (Fsp3) is 0.462. The van der Waals surface area contributed by atoms with E-state index in [1.807, 2.05) is 0 Å². The smallest absolute Gasteiger partial charge is 0.227 e. The van der Waals surface area contributed by atoms with Gasteiger partial charge in [-0.2, -0.15) is 0 Å². The van der Waals surface area contributed by atoms with E-state index >= 15 is 0 Å². The minimum atomic E-state index is -0.966. The van der Waals surface area contributed by atoms with E-state index in [9.17, 15) is 13.6 Å². The molecule has 0 N–H and O–H groups in total. The highest BCUT2D eigenvalue weighted by molar-refractivity contribution is 6.18. The van der Waals surface area contributed by atoms with E-state index in [2.05, 4.69) is 0 Å². The van der Waals surface area contributed by atoms with Gasteiger partial charge >= 0.3 is 0 Å². The molecule has 1 heterocycles. The van der Waals surface area contributed by atoms with Crippen molar-refractivity contribution < 1.29 is 18.3 Å². The second-order valence-corrected chi connectivity index (χ2v) is 4.67. The molecule has 6 heteroatoms. The van der Waals surface area contributed by atoms with E-state index in [0.717, 1.165) is 6.07 Å². The van der Waals surface area contributed by atoms with Gasteiger partial charge in [0.05, 0.1) is 25.7 Å². The fourth-order valence-electron chi connectivity index (χ4n) is 2.06. The normalized spacial score (nSPS) is 19.5. The lowest BCUT2D eigenvalue weighted by atomic mass is 10.1. The van der Waals surface area contributed by atoms with Crippen LogP contribution in [0.3, 0.4) is 0 Å². The molecule has 104 valence electrons. The highest BCUT2D eigenvalue weighted by atomic mass is 35.5.